The number of hydrogen-bond donors (Lipinski definition) is 2. The van der Waals surface area contributed by atoms with E-state index in [9.17, 15) is 34.2 Å². The number of hydrogen-bond acceptors (Lipinski definition) is 7. The number of rotatable bonds is 24. The minimum Gasteiger partial charge on any atom is -0.548 e. The average molecular weight is 820 g/mol. The summed E-state index contributed by atoms with van der Waals surface area (Å²) in [6.45, 7) is 3.24. The molecule has 0 aliphatic carbocycles. The molecule has 2 aliphatic rings. The van der Waals surface area contributed by atoms with E-state index in [4.69, 9.17) is 0 Å². The maximum absolute atomic E-state index is 13.7. The van der Waals surface area contributed by atoms with Gasteiger partial charge in [0.25, 0.3) is 0 Å². The zero-order valence-corrected chi connectivity index (χ0v) is 37.8. The topological polar surface area (TPSA) is 147 Å². The smallest absolute Gasteiger partial charge is 0.548 e. The molecule has 1 aromatic rings. The Hall–Kier alpha value is -1.64. The van der Waals surface area contributed by atoms with Crippen LogP contribution in [-0.4, -0.2) is 75.6 Å². The first-order valence-corrected chi connectivity index (χ1v) is 19.3. The number of ketones is 1. The summed E-state index contributed by atoms with van der Waals surface area (Å²) in [5.41, 5.74) is 0.598. The SMILES string of the molecule is CCCCCCCC/C=C\CCCCCCCC(=O)N1CCC[C@H]1C(=O)N1CCC[C@H]1C(=O)CCC(=O)N[C@@H](Cc1ccc(O)cc1)C(=O)[O-].S.S.S.[Na+]. The fourth-order valence-corrected chi connectivity index (χ4v) is 7.10. The van der Waals surface area contributed by atoms with E-state index in [0.29, 0.717) is 44.3 Å². The van der Waals surface area contributed by atoms with Crippen LogP contribution in [0.4, 0.5) is 0 Å². The predicted octanol–water partition coefficient (Wildman–Crippen LogP) is 2.88. The van der Waals surface area contributed by atoms with Gasteiger partial charge < -0.3 is 30.1 Å². The minimum absolute atomic E-state index is 0. The second-order valence-electron chi connectivity index (χ2n) is 14.0. The number of allylic oxidation sites excluding steroid dienone is 2. The molecule has 0 spiro atoms. The summed E-state index contributed by atoms with van der Waals surface area (Å²) in [5.74, 6) is -2.41. The minimum atomic E-state index is -1.45. The van der Waals surface area contributed by atoms with Crippen molar-refractivity contribution in [1.29, 1.82) is 0 Å². The number of amides is 3. The number of carboxylic acids is 1. The summed E-state index contributed by atoms with van der Waals surface area (Å²) in [7, 11) is 0. The monoisotopic (exact) mass is 819 g/mol. The van der Waals surface area contributed by atoms with E-state index < -0.39 is 30.0 Å². The molecule has 2 fully saturated rings. The maximum Gasteiger partial charge on any atom is 1.00 e. The van der Waals surface area contributed by atoms with Crippen LogP contribution in [-0.2, 0) is 30.4 Å². The fourth-order valence-electron chi connectivity index (χ4n) is 7.10. The van der Waals surface area contributed by atoms with E-state index in [1.54, 1.807) is 21.9 Å². The van der Waals surface area contributed by atoms with Gasteiger partial charge >= 0.3 is 29.6 Å². The molecule has 3 amide bonds. The van der Waals surface area contributed by atoms with Gasteiger partial charge in [0.05, 0.1) is 18.1 Å². The summed E-state index contributed by atoms with van der Waals surface area (Å²) in [5, 5.41) is 23.5. The van der Waals surface area contributed by atoms with Crippen molar-refractivity contribution in [2.75, 3.05) is 13.1 Å². The quantitative estimate of drug-likeness (QED) is 0.0927. The van der Waals surface area contributed by atoms with Gasteiger partial charge in [-0.05, 0) is 81.9 Å². The van der Waals surface area contributed by atoms with Gasteiger partial charge in [0.2, 0.25) is 17.7 Å². The van der Waals surface area contributed by atoms with Gasteiger partial charge in [0.1, 0.15) is 11.8 Å². The predicted molar refractivity (Wildman–Crippen MR) is 223 cm³/mol. The Bertz CT molecular complexity index is 1270. The number of phenols is 1. The van der Waals surface area contributed by atoms with Gasteiger partial charge in [0.15, 0.2) is 5.78 Å². The second-order valence-corrected chi connectivity index (χ2v) is 14.0. The molecule has 3 atom stereocenters. The number of unbranched alkanes of at least 4 members (excludes halogenated alkanes) is 11. The van der Waals surface area contributed by atoms with Crippen molar-refractivity contribution in [1.82, 2.24) is 15.1 Å². The van der Waals surface area contributed by atoms with Crippen molar-refractivity contribution in [3.8, 4) is 5.75 Å². The molecule has 0 bridgehead atoms. The molecule has 2 saturated heterocycles. The fraction of sp³-hybridized carbons (Fsp3) is 0.675. The van der Waals surface area contributed by atoms with E-state index in [0.717, 1.165) is 38.5 Å². The molecule has 2 N–H and O–H groups in total. The molecule has 10 nitrogen and oxygen atoms in total. The number of carbonyl (C=O) groups is 5. The molecule has 0 saturated carbocycles. The number of aromatic hydroxyl groups is 1. The standard InChI is InChI=1S/C40H61N3O7.Na.3H2S/c1-2-3-4-5-6-7-8-9-10-11-12-13-14-15-16-21-38(47)42-28-18-20-35(42)39(48)43-29-17-19-34(43)36(45)26-27-37(46)41-33(40(49)50)30-31-22-24-32(44)25-23-31;;;;/h9-10,22-25,33-35,44H,2-8,11-21,26-30H2,1H3,(H,41,46)(H,49,50);;3*1H2/q;+1;;;/p-1/b10-9-;;;;/t33-,34-,35-;;;;/m0..../s1. The average Bonchev–Trinajstić information content (AvgIpc) is 3.80. The number of benzene rings is 1. The largest absolute Gasteiger partial charge is 1.00 e. The van der Waals surface area contributed by atoms with Gasteiger partial charge in [-0.3, -0.25) is 19.2 Å². The Kier molecular flexibility index (Phi) is 31.7. The summed E-state index contributed by atoms with van der Waals surface area (Å²) in [6.07, 6.45) is 22.7. The summed E-state index contributed by atoms with van der Waals surface area (Å²) in [4.78, 5) is 67.5. The first-order valence-electron chi connectivity index (χ1n) is 19.3. The number of nitrogens with zero attached hydrogens (tertiary/aromatic N) is 2. The molecule has 302 valence electrons. The van der Waals surface area contributed by atoms with Crippen LogP contribution in [0.15, 0.2) is 36.4 Å². The molecular formula is C40H66N3NaO7S3. The van der Waals surface area contributed by atoms with Crippen molar-refractivity contribution in [3.05, 3.63) is 42.0 Å². The van der Waals surface area contributed by atoms with E-state index in [2.05, 4.69) is 24.4 Å². The van der Waals surface area contributed by atoms with E-state index >= 15 is 0 Å². The maximum atomic E-state index is 13.7. The van der Waals surface area contributed by atoms with E-state index in [1.165, 1.54) is 63.5 Å². The van der Waals surface area contributed by atoms with Crippen LogP contribution in [0.2, 0.25) is 0 Å². The molecule has 3 rings (SSSR count). The van der Waals surface area contributed by atoms with Crippen LogP contribution in [0.25, 0.3) is 0 Å². The van der Waals surface area contributed by atoms with Gasteiger partial charge in [-0.2, -0.15) is 40.5 Å². The molecule has 54 heavy (non-hydrogen) atoms. The number of aliphatic carboxylic acids is 1. The normalized spacial score (nSPS) is 16.8. The second kappa shape index (κ2) is 31.4. The van der Waals surface area contributed by atoms with E-state index in [-0.39, 0.29) is 113 Å². The molecule has 0 radical (unpaired) electrons. The molecule has 2 aliphatic heterocycles. The number of nitrogens with one attached hydrogen (secondary N) is 1. The molecule has 0 unspecified atom stereocenters. The van der Waals surface area contributed by atoms with Crippen LogP contribution in [0.1, 0.15) is 141 Å². The first kappa shape index (κ1) is 54.5. The number of carbonyl (C=O) groups excluding carboxylic acids is 5. The Morgan fingerprint density at radius 3 is 1.89 bits per heavy atom. The molecule has 1 aromatic carbocycles. The van der Waals surface area contributed by atoms with Gasteiger partial charge in [-0.25, -0.2) is 0 Å². The Morgan fingerprint density at radius 1 is 0.759 bits per heavy atom. The molecule has 2 heterocycles. The first-order chi connectivity index (χ1) is 24.2. The third kappa shape index (κ3) is 20.0. The van der Waals surface area contributed by atoms with Crippen molar-refractivity contribution < 1.29 is 63.7 Å². The van der Waals surface area contributed by atoms with Crippen molar-refractivity contribution in [2.24, 2.45) is 0 Å². The Labute approximate surface area is 367 Å². The van der Waals surface area contributed by atoms with Crippen molar-refractivity contribution in [2.45, 2.75) is 160 Å². The Morgan fingerprint density at radius 2 is 1.30 bits per heavy atom. The Balaban J connectivity index is 0. The number of likely N-dealkylation sites (tertiary alicyclic amines) is 2. The molecule has 0 aromatic heterocycles. The van der Waals surface area contributed by atoms with Crippen LogP contribution in [0.5, 0.6) is 5.75 Å². The number of Topliss-reactive ketones (excluding diaryl/α,β-unsaturated/α-hetero) is 1. The van der Waals surface area contributed by atoms with Gasteiger partial charge in [0, 0.05) is 32.4 Å². The third-order valence-electron chi connectivity index (χ3n) is 10.0. The van der Waals surface area contributed by atoms with Crippen LogP contribution in [0, 0.1) is 0 Å². The summed E-state index contributed by atoms with van der Waals surface area (Å²) < 4.78 is 0. The summed E-state index contributed by atoms with van der Waals surface area (Å²) >= 11 is 0. The van der Waals surface area contributed by atoms with Gasteiger partial charge in [-0.1, -0.05) is 82.6 Å². The summed E-state index contributed by atoms with van der Waals surface area (Å²) in [6, 6.07) is 3.49. The zero-order valence-electron chi connectivity index (χ0n) is 32.8. The van der Waals surface area contributed by atoms with Crippen LogP contribution in [0.3, 0.4) is 0 Å². The van der Waals surface area contributed by atoms with Crippen molar-refractivity contribution in [3.63, 3.8) is 0 Å². The molecular weight excluding hydrogens is 754 g/mol. The third-order valence-corrected chi connectivity index (χ3v) is 10.0. The van der Waals surface area contributed by atoms with Crippen LogP contribution >= 0.6 is 40.5 Å². The van der Waals surface area contributed by atoms with Crippen LogP contribution < -0.4 is 40.0 Å². The van der Waals surface area contributed by atoms with E-state index in [1.807, 2.05) is 0 Å². The number of carboxylic acid groups (broad SMARTS) is 1. The number of phenolic OH excluding ortho intramolecular Hbond substituents is 1. The van der Waals surface area contributed by atoms with Crippen molar-refractivity contribution >= 4 is 70.0 Å². The molecule has 14 heteroatoms. The van der Waals surface area contributed by atoms with Gasteiger partial charge in [-0.15, -0.1) is 0 Å². The zero-order chi connectivity index (χ0) is 36.1.